The molecule has 0 saturated carbocycles. The van der Waals surface area contributed by atoms with Gasteiger partial charge >= 0.3 is 5.97 Å². The molecule has 2 heterocycles. The fourth-order valence-corrected chi connectivity index (χ4v) is 4.29. The van der Waals surface area contributed by atoms with E-state index in [1.54, 1.807) is 32.2 Å². The Hall–Kier alpha value is -2.36. The number of amides is 1. The molecular formula is C20H27NO8. The Balaban J connectivity index is 1.89. The van der Waals surface area contributed by atoms with E-state index in [0.717, 1.165) is 5.56 Å². The van der Waals surface area contributed by atoms with Gasteiger partial charge in [-0.1, -0.05) is 0 Å². The van der Waals surface area contributed by atoms with E-state index in [2.05, 4.69) is 0 Å². The molecule has 1 aromatic rings. The second-order valence-electron chi connectivity index (χ2n) is 7.19. The van der Waals surface area contributed by atoms with Gasteiger partial charge in [-0.3, -0.25) is 9.59 Å². The van der Waals surface area contributed by atoms with E-state index in [0.29, 0.717) is 11.5 Å². The zero-order valence-corrected chi connectivity index (χ0v) is 16.8. The first-order valence-corrected chi connectivity index (χ1v) is 9.50. The van der Waals surface area contributed by atoms with Crippen LogP contribution >= 0.6 is 0 Å². The maximum Gasteiger partial charge on any atom is 0.312 e. The summed E-state index contributed by atoms with van der Waals surface area (Å²) in [7, 11) is 3.08. The molecule has 0 radical (unpaired) electrons. The molecule has 4 atom stereocenters. The first kappa shape index (κ1) is 21.4. The molecule has 3 rings (SSSR count). The van der Waals surface area contributed by atoms with Crippen molar-refractivity contribution < 1.29 is 38.7 Å². The molecule has 0 aromatic heterocycles. The molecule has 0 spiro atoms. The van der Waals surface area contributed by atoms with Crippen LogP contribution in [-0.4, -0.2) is 79.3 Å². The Kier molecular flexibility index (Phi) is 6.30. The van der Waals surface area contributed by atoms with Gasteiger partial charge in [0, 0.05) is 18.2 Å². The predicted molar refractivity (Wildman–Crippen MR) is 100 cm³/mol. The van der Waals surface area contributed by atoms with Gasteiger partial charge in [0.05, 0.1) is 58.5 Å². The summed E-state index contributed by atoms with van der Waals surface area (Å²) in [6.45, 7) is 1.22. The van der Waals surface area contributed by atoms with Gasteiger partial charge in [0.2, 0.25) is 5.91 Å². The van der Waals surface area contributed by atoms with Gasteiger partial charge in [-0.15, -0.1) is 0 Å². The van der Waals surface area contributed by atoms with E-state index in [4.69, 9.17) is 18.9 Å². The molecule has 2 fully saturated rings. The highest BCUT2D eigenvalue weighted by Crippen LogP contribution is 2.47. The lowest BCUT2D eigenvalue weighted by molar-refractivity contribution is -0.155. The number of hydrogen-bond acceptors (Lipinski definition) is 8. The maximum absolute atomic E-state index is 13.2. The van der Waals surface area contributed by atoms with Crippen LogP contribution in [0, 0.1) is 11.8 Å². The summed E-state index contributed by atoms with van der Waals surface area (Å²) in [5, 5.41) is 19.7. The minimum absolute atomic E-state index is 0.0919. The molecule has 1 amide bonds. The first-order chi connectivity index (χ1) is 13.9. The van der Waals surface area contributed by atoms with Crippen LogP contribution in [0.2, 0.25) is 0 Å². The van der Waals surface area contributed by atoms with Crippen molar-refractivity contribution in [2.24, 2.45) is 11.8 Å². The van der Waals surface area contributed by atoms with E-state index in [1.165, 1.54) is 12.0 Å². The monoisotopic (exact) mass is 409 g/mol. The lowest BCUT2D eigenvalue weighted by Gasteiger charge is -2.26. The third-order valence-corrected chi connectivity index (χ3v) is 5.61. The Labute approximate surface area is 169 Å². The quantitative estimate of drug-likeness (QED) is 0.575. The van der Waals surface area contributed by atoms with Crippen LogP contribution in [0.25, 0.3) is 0 Å². The van der Waals surface area contributed by atoms with Gasteiger partial charge in [-0.05, 0) is 19.1 Å². The third-order valence-electron chi connectivity index (χ3n) is 5.61. The first-order valence-electron chi connectivity index (χ1n) is 9.50. The number of carbonyl (C=O) groups excluding carboxylic acids is 2. The van der Waals surface area contributed by atoms with Crippen molar-refractivity contribution in [3.05, 3.63) is 23.8 Å². The second-order valence-corrected chi connectivity index (χ2v) is 7.19. The average molecular weight is 409 g/mol. The van der Waals surface area contributed by atoms with Crippen molar-refractivity contribution in [3.8, 4) is 11.5 Å². The highest BCUT2D eigenvalue weighted by atomic mass is 16.6. The van der Waals surface area contributed by atoms with Crippen LogP contribution in [0.1, 0.15) is 12.5 Å². The Bertz CT molecular complexity index is 769. The normalized spacial score (nSPS) is 28.4. The molecule has 9 nitrogen and oxygen atoms in total. The molecule has 160 valence electrons. The number of hydrogen-bond donors (Lipinski definition) is 2. The van der Waals surface area contributed by atoms with Gasteiger partial charge in [0.1, 0.15) is 17.1 Å². The van der Waals surface area contributed by atoms with E-state index in [9.17, 15) is 19.8 Å². The minimum atomic E-state index is -1.26. The van der Waals surface area contributed by atoms with Crippen LogP contribution in [-0.2, 0) is 25.6 Å². The number of aliphatic hydroxyl groups excluding tert-OH is 2. The maximum atomic E-state index is 13.2. The van der Waals surface area contributed by atoms with E-state index in [-0.39, 0.29) is 25.6 Å². The van der Waals surface area contributed by atoms with Gasteiger partial charge in [-0.25, -0.2) is 0 Å². The number of rotatable bonds is 8. The van der Waals surface area contributed by atoms with Crippen molar-refractivity contribution in [2.45, 2.75) is 25.2 Å². The van der Waals surface area contributed by atoms with Crippen molar-refractivity contribution in [1.82, 2.24) is 4.90 Å². The highest BCUT2D eigenvalue weighted by molar-refractivity contribution is 5.90. The fraction of sp³-hybridized carbons (Fsp3) is 0.600. The Morgan fingerprint density at radius 3 is 2.66 bits per heavy atom. The zero-order valence-electron chi connectivity index (χ0n) is 16.8. The molecule has 1 aromatic carbocycles. The van der Waals surface area contributed by atoms with Gasteiger partial charge in [-0.2, -0.15) is 0 Å². The van der Waals surface area contributed by atoms with Crippen LogP contribution in [0.3, 0.4) is 0 Å². The topological polar surface area (TPSA) is 115 Å². The molecular weight excluding hydrogens is 382 g/mol. The van der Waals surface area contributed by atoms with Gasteiger partial charge < -0.3 is 34.1 Å². The number of fused-ring (bicyclic) bond motifs is 1. The molecule has 0 bridgehead atoms. The summed E-state index contributed by atoms with van der Waals surface area (Å²) in [6.07, 6.45) is -0.896. The molecule has 0 unspecified atom stereocenters. The van der Waals surface area contributed by atoms with Crippen molar-refractivity contribution >= 4 is 11.9 Å². The van der Waals surface area contributed by atoms with Crippen molar-refractivity contribution in [3.63, 3.8) is 0 Å². The van der Waals surface area contributed by atoms with E-state index < -0.39 is 42.7 Å². The number of likely N-dealkylation sites (tertiary alicyclic amines) is 1. The highest BCUT2D eigenvalue weighted by Gasteiger charge is 2.66. The molecule has 2 aliphatic rings. The molecule has 0 aliphatic carbocycles. The van der Waals surface area contributed by atoms with Gasteiger partial charge in [0.25, 0.3) is 0 Å². The van der Waals surface area contributed by atoms with E-state index in [1.807, 2.05) is 0 Å². The summed E-state index contributed by atoms with van der Waals surface area (Å²) >= 11 is 0. The average Bonchev–Trinajstić information content (AvgIpc) is 3.20. The number of aliphatic hydroxyl groups is 2. The minimum Gasteiger partial charge on any atom is -0.497 e. The zero-order chi connectivity index (χ0) is 21.2. The van der Waals surface area contributed by atoms with Crippen molar-refractivity contribution in [1.29, 1.82) is 0 Å². The summed E-state index contributed by atoms with van der Waals surface area (Å²) in [5.74, 6) is -1.65. The van der Waals surface area contributed by atoms with E-state index >= 15 is 0 Å². The number of carbonyl (C=O) groups is 2. The molecule has 2 aliphatic heterocycles. The molecule has 9 heteroatoms. The molecule has 2 saturated heterocycles. The number of ether oxygens (including phenoxy) is 4. The molecule has 2 N–H and O–H groups in total. The summed E-state index contributed by atoms with van der Waals surface area (Å²) in [5.41, 5.74) is -0.511. The summed E-state index contributed by atoms with van der Waals surface area (Å²) < 4.78 is 21.6. The Morgan fingerprint density at radius 2 is 2.07 bits per heavy atom. The fourth-order valence-electron chi connectivity index (χ4n) is 4.29. The summed E-state index contributed by atoms with van der Waals surface area (Å²) in [4.78, 5) is 27.3. The molecule has 29 heavy (non-hydrogen) atoms. The third kappa shape index (κ3) is 3.65. The van der Waals surface area contributed by atoms with Crippen LogP contribution in [0.4, 0.5) is 0 Å². The largest absolute Gasteiger partial charge is 0.497 e. The van der Waals surface area contributed by atoms with Crippen LogP contribution in [0.5, 0.6) is 11.5 Å². The standard InChI is InChI=1S/C20H27NO8/c1-4-28-19(25)16-15(9-22)29-20(11-23)10-21(18(24)17(16)20)8-12-5-6-13(26-2)7-14(12)27-3/h5-7,15-17,22-23H,4,8-11H2,1-3H3/t15-,16-,17+,20+/m1/s1. The second kappa shape index (κ2) is 8.56. The number of nitrogens with zero attached hydrogens (tertiary/aromatic N) is 1. The lowest BCUT2D eigenvalue weighted by Crippen LogP contribution is -2.42. The predicted octanol–water partition coefficient (Wildman–Crippen LogP) is -0.0363. The smallest absolute Gasteiger partial charge is 0.312 e. The number of esters is 1. The Morgan fingerprint density at radius 1 is 1.31 bits per heavy atom. The number of benzene rings is 1. The summed E-state index contributed by atoms with van der Waals surface area (Å²) in [6, 6.07) is 5.28. The van der Waals surface area contributed by atoms with Crippen molar-refractivity contribution in [2.75, 3.05) is 40.6 Å². The van der Waals surface area contributed by atoms with Gasteiger partial charge in [0.15, 0.2) is 0 Å². The number of methoxy groups -OCH3 is 2. The lowest BCUT2D eigenvalue weighted by atomic mass is 9.81. The SMILES string of the molecule is CCOC(=O)[C@H]1[C@H]2C(=O)N(Cc3ccc(OC)cc3OC)C[C@@]2(CO)O[C@@H]1CO. The van der Waals surface area contributed by atoms with Crippen LogP contribution in [0.15, 0.2) is 18.2 Å². The van der Waals surface area contributed by atoms with Crippen LogP contribution < -0.4 is 9.47 Å².